The summed E-state index contributed by atoms with van der Waals surface area (Å²) in [6, 6.07) is 10.2. The largest absolute Gasteiger partial charge is 0.335 e. The molecule has 1 aromatic heterocycles. The highest BCUT2D eigenvalue weighted by Crippen LogP contribution is 2.32. The first-order valence-corrected chi connectivity index (χ1v) is 7.49. The highest BCUT2D eigenvalue weighted by atomic mass is 16.2. The van der Waals surface area contributed by atoms with Crippen LogP contribution in [-0.4, -0.2) is 33.2 Å². The standard InChI is InChI=1S/C16H18N4O/c21-16-14-4-1-2-10-19(14)15(18-16)12-5-7-13(8-6-12)20-11-3-9-17-20/h3,5-9,11,14-15H,1-2,4,10H2,(H,18,21). The lowest BCUT2D eigenvalue weighted by atomic mass is 10.0. The van der Waals surface area contributed by atoms with Gasteiger partial charge >= 0.3 is 0 Å². The van der Waals surface area contributed by atoms with Gasteiger partial charge in [0.15, 0.2) is 0 Å². The topological polar surface area (TPSA) is 50.2 Å². The van der Waals surface area contributed by atoms with E-state index in [0.29, 0.717) is 0 Å². The SMILES string of the molecule is O=C1NC(c2ccc(-n3cccn3)cc2)N2CCCCC12. The second-order valence-corrected chi connectivity index (χ2v) is 5.70. The minimum absolute atomic E-state index is 0.0227. The fraction of sp³-hybridized carbons (Fsp3) is 0.375. The molecule has 21 heavy (non-hydrogen) atoms. The van der Waals surface area contributed by atoms with Crippen LogP contribution in [0.25, 0.3) is 5.69 Å². The van der Waals surface area contributed by atoms with E-state index in [2.05, 4.69) is 27.4 Å². The second-order valence-electron chi connectivity index (χ2n) is 5.70. The molecule has 2 aromatic rings. The van der Waals surface area contributed by atoms with Crippen LogP contribution in [0.4, 0.5) is 0 Å². The van der Waals surface area contributed by atoms with Crippen LogP contribution in [0.5, 0.6) is 0 Å². The molecular weight excluding hydrogens is 264 g/mol. The molecule has 0 aliphatic carbocycles. The number of nitrogens with one attached hydrogen (secondary N) is 1. The number of hydrogen-bond acceptors (Lipinski definition) is 3. The van der Waals surface area contributed by atoms with E-state index < -0.39 is 0 Å². The van der Waals surface area contributed by atoms with Gasteiger partial charge in [0.05, 0.1) is 11.7 Å². The zero-order valence-electron chi connectivity index (χ0n) is 11.8. The van der Waals surface area contributed by atoms with Crippen LogP contribution in [0.2, 0.25) is 0 Å². The highest BCUT2D eigenvalue weighted by Gasteiger charge is 2.41. The molecule has 3 heterocycles. The minimum atomic E-state index is 0.0227. The van der Waals surface area contributed by atoms with Gasteiger partial charge in [-0.3, -0.25) is 9.69 Å². The molecule has 1 N–H and O–H groups in total. The summed E-state index contributed by atoms with van der Waals surface area (Å²) in [6.45, 7) is 0.995. The monoisotopic (exact) mass is 282 g/mol. The Morgan fingerprint density at radius 3 is 2.81 bits per heavy atom. The number of fused-ring (bicyclic) bond motifs is 1. The number of amides is 1. The van der Waals surface area contributed by atoms with Gasteiger partial charge in [0.25, 0.3) is 0 Å². The van der Waals surface area contributed by atoms with Gasteiger partial charge in [-0.05, 0) is 36.6 Å². The van der Waals surface area contributed by atoms with Crippen molar-refractivity contribution in [2.75, 3.05) is 6.54 Å². The Morgan fingerprint density at radius 1 is 1.19 bits per heavy atom. The van der Waals surface area contributed by atoms with Crippen molar-refractivity contribution >= 4 is 5.91 Å². The number of carbonyl (C=O) groups excluding carboxylic acids is 1. The Hall–Kier alpha value is -2.14. The summed E-state index contributed by atoms with van der Waals surface area (Å²) in [6.07, 6.45) is 7.02. The molecule has 108 valence electrons. The Kier molecular flexibility index (Phi) is 3.00. The van der Waals surface area contributed by atoms with Gasteiger partial charge in [0.2, 0.25) is 5.91 Å². The van der Waals surface area contributed by atoms with Crippen LogP contribution in [0.3, 0.4) is 0 Å². The number of benzene rings is 1. The lowest BCUT2D eigenvalue weighted by Crippen LogP contribution is -2.38. The number of rotatable bonds is 2. The van der Waals surface area contributed by atoms with Gasteiger partial charge < -0.3 is 5.32 Å². The van der Waals surface area contributed by atoms with Crippen molar-refractivity contribution in [2.45, 2.75) is 31.5 Å². The van der Waals surface area contributed by atoms with Crippen molar-refractivity contribution in [3.05, 3.63) is 48.3 Å². The number of hydrogen-bond donors (Lipinski definition) is 1. The first-order chi connectivity index (χ1) is 10.3. The van der Waals surface area contributed by atoms with Crippen molar-refractivity contribution < 1.29 is 4.79 Å². The average Bonchev–Trinajstić information content (AvgIpc) is 3.17. The molecule has 2 atom stereocenters. The molecule has 2 saturated heterocycles. The third-order valence-corrected chi connectivity index (χ3v) is 4.44. The Bertz CT molecular complexity index is 635. The molecule has 1 aromatic carbocycles. The molecule has 5 heteroatoms. The predicted molar refractivity (Wildman–Crippen MR) is 78.8 cm³/mol. The van der Waals surface area contributed by atoms with Gasteiger partial charge in [-0.15, -0.1) is 0 Å². The molecule has 1 amide bonds. The summed E-state index contributed by atoms with van der Waals surface area (Å²) in [7, 11) is 0. The normalized spacial score (nSPS) is 25.6. The molecule has 2 fully saturated rings. The third kappa shape index (κ3) is 2.14. The fourth-order valence-electron chi connectivity index (χ4n) is 3.36. The van der Waals surface area contributed by atoms with E-state index in [-0.39, 0.29) is 18.1 Å². The van der Waals surface area contributed by atoms with E-state index in [1.54, 1.807) is 6.20 Å². The first-order valence-electron chi connectivity index (χ1n) is 7.49. The number of piperidine rings is 1. The van der Waals surface area contributed by atoms with Crippen LogP contribution in [0.1, 0.15) is 31.0 Å². The maximum atomic E-state index is 12.1. The van der Waals surface area contributed by atoms with E-state index in [0.717, 1.165) is 30.6 Å². The van der Waals surface area contributed by atoms with Crippen LogP contribution in [-0.2, 0) is 4.79 Å². The lowest BCUT2D eigenvalue weighted by Gasteiger charge is -2.31. The molecule has 0 radical (unpaired) electrons. The summed E-state index contributed by atoms with van der Waals surface area (Å²) < 4.78 is 1.83. The zero-order chi connectivity index (χ0) is 14.2. The third-order valence-electron chi connectivity index (χ3n) is 4.44. The maximum Gasteiger partial charge on any atom is 0.238 e. The smallest absolute Gasteiger partial charge is 0.238 e. The molecule has 2 aliphatic heterocycles. The molecular formula is C16H18N4O. The Morgan fingerprint density at radius 2 is 2.05 bits per heavy atom. The summed E-state index contributed by atoms with van der Waals surface area (Å²) in [4.78, 5) is 14.4. The lowest BCUT2D eigenvalue weighted by molar-refractivity contribution is -0.122. The van der Waals surface area contributed by atoms with E-state index in [9.17, 15) is 4.79 Å². The first kappa shape index (κ1) is 12.6. The number of nitrogens with zero attached hydrogens (tertiary/aromatic N) is 3. The van der Waals surface area contributed by atoms with Gasteiger partial charge in [-0.25, -0.2) is 4.68 Å². The van der Waals surface area contributed by atoms with Gasteiger partial charge in [0.1, 0.15) is 6.17 Å². The molecule has 0 bridgehead atoms. The predicted octanol–water partition coefficient (Wildman–Crippen LogP) is 1.86. The van der Waals surface area contributed by atoms with Crippen LogP contribution in [0.15, 0.2) is 42.7 Å². The number of aromatic nitrogens is 2. The maximum absolute atomic E-state index is 12.1. The zero-order valence-corrected chi connectivity index (χ0v) is 11.8. The van der Waals surface area contributed by atoms with Crippen LogP contribution in [0, 0.1) is 0 Å². The quantitative estimate of drug-likeness (QED) is 0.914. The molecule has 2 aliphatic rings. The van der Waals surface area contributed by atoms with E-state index >= 15 is 0 Å². The van der Waals surface area contributed by atoms with E-state index in [4.69, 9.17) is 0 Å². The second kappa shape index (κ2) is 5.00. The van der Waals surface area contributed by atoms with E-state index in [1.807, 2.05) is 29.1 Å². The highest BCUT2D eigenvalue weighted by molar-refractivity contribution is 5.84. The average molecular weight is 282 g/mol. The van der Waals surface area contributed by atoms with Crippen molar-refractivity contribution in [2.24, 2.45) is 0 Å². The van der Waals surface area contributed by atoms with Gasteiger partial charge in [0, 0.05) is 18.9 Å². The summed E-state index contributed by atoms with van der Waals surface area (Å²) >= 11 is 0. The molecule has 0 saturated carbocycles. The van der Waals surface area contributed by atoms with Crippen molar-refractivity contribution in [1.82, 2.24) is 20.0 Å². The Balaban J connectivity index is 1.60. The fourth-order valence-corrected chi connectivity index (χ4v) is 3.36. The van der Waals surface area contributed by atoms with Gasteiger partial charge in [-0.2, -0.15) is 5.10 Å². The van der Waals surface area contributed by atoms with Crippen molar-refractivity contribution in [1.29, 1.82) is 0 Å². The Labute approximate surface area is 123 Å². The van der Waals surface area contributed by atoms with Crippen LogP contribution < -0.4 is 5.32 Å². The molecule has 4 rings (SSSR count). The summed E-state index contributed by atoms with van der Waals surface area (Å²) in [5, 5.41) is 7.36. The summed E-state index contributed by atoms with van der Waals surface area (Å²) in [5.41, 5.74) is 2.17. The van der Waals surface area contributed by atoms with Gasteiger partial charge in [-0.1, -0.05) is 18.6 Å². The minimum Gasteiger partial charge on any atom is -0.335 e. The molecule has 2 unspecified atom stereocenters. The molecule has 0 spiro atoms. The summed E-state index contributed by atoms with van der Waals surface area (Å²) in [5.74, 6) is 0.177. The number of carbonyl (C=O) groups is 1. The molecule has 5 nitrogen and oxygen atoms in total. The van der Waals surface area contributed by atoms with Crippen molar-refractivity contribution in [3.63, 3.8) is 0 Å². The van der Waals surface area contributed by atoms with E-state index in [1.165, 1.54) is 6.42 Å². The van der Waals surface area contributed by atoms with Crippen molar-refractivity contribution in [3.8, 4) is 5.69 Å². The van der Waals surface area contributed by atoms with Crippen LogP contribution >= 0.6 is 0 Å².